The second kappa shape index (κ2) is 4.51. The third-order valence-electron chi connectivity index (χ3n) is 2.28. The van der Waals surface area contributed by atoms with E-state index in [1.807, 2.05) is 13.8 Å². The molecule has 17 heavy (non-hydrogen) atoms. The van der Waals surface area contributed by atoms with Crippen LogP contribution in [0, 0.1) is 12.3 Å². The highest BCUT2D eigenvalue weighted by atomic mass is 16.5. The van der Waals surface area contributed by atoms with E-state index in [0.29, 0.717) is 11.5 Å². The summed E-state index contributed by atoms with van der Waals surface area (Å²) in [6.45, 7) is 12.3. The fourth-order valence-electron chi connectivity index (χ4n) is 2.21. The summed E-state index contributed by atoms with van der Waals surface area (Å²) in [5, 5.41) is 6.69. The molecule has 0 aliphatic carbocycles. The first-order valence-corrected chi connectivity index (χ1v) is 5.85. The van der Waals surface area contributed by atoms with Gasteiger partial charge in [0.15, 0.2) is 5.69 Å². The van der Waals surface area contributed by atoms with Crippen molar-refractivity contribution >= 4 is 5.91 Å². The molecule has 0 aromatic carbocycles. The Morgan fingerprint density at radius 1 is 1.35 bits per heavy atom. The quantitative estimate of drug-likeness (QED) is 0.880. The number of amides is 1. The molecule has 0 unspecified atom stereocenters. The fraction of sp³-hybridized carbons (Fsp3) is 0.692. The molecule has 0 spiro atoms. The van der Waals surface area contributed by atoms with Gasteiger partial charge in [0.2, 0.25) is 0 Å². The van der Waals surface area contributed by atoms with Crippen LogP contribution in [0.5, 0.6) is 0 Å². The molecule has 1 heterocycles. The number of hydrogen-bond acceptors (Lipinski definition) is 3. The predicted octanol–water partition coefficient (Wildman–Crippen LogP) is 2.93. The minimum Gasteiger partial charge on any atom is -0.361 e. The number of carbonyl (C=O) groups excluding carboxylic acids is 1. The van der Waals surface area contributed by atoms with E-state index in [4.69, 9.17) is 4.52 Å². The molecule has 0 radical (unpaired) electrons. The maximum atomic E-state index is 11.9. The van der Waals surface area contributed by atoms with E-state index >= 15 is 0 Å². The molecular weight excluding hydrogens is 216 g/mol. The summed E-state index contributed by atoms with van der Waals surface area (Å²) in [5.41, 5.74) is 0.239. The van der Waals surface area contributed by atoms with Gasteiger partial charge in [-0.15, -0.1) is 0 Å². The maximum absolute atomic E-state index is 11.9. The van der Waals surface area contributed by atoms with Gasteiger partial charge in [0.1, 0.15) is 5.76 Å². The smallest absolute Gasteiger partial charge is 0.273 e. The molecule has 0 atom stereocenters. The van der Waals surface area contributed by atoms with Crippen LogP contribution in [0.1, 0.15) is 57.3 Å². The Kier molecular flexibility index (Phi) is 3.65. The second-order valence-electron chi connectivity index (χ2n) is 6.40. The maximum Gasteiger partial charge on any atom is 0.273 e. The summed E-state index contributed by atoms with van der Waals surface area (Å²) >= 11 is 0. The zero-order valence-corrected chi connectivity index (χ0v) is 11.5. The van der Waals surface area contributed by atoms with Gasteiger partial charge in [-0.25, -0.2) is 0 Å². The molecule has 0 saturated heterocycles. The van der Waals surface area contributed by atoms with Crippen LogP contribution in [0.15, 0.2) is 10.6 Å². The molecule has 0 bridgehead atoms. The number of aryl methyl sites for hydroxylation is 1. The van der Waals surface area contributed by atoms with E-state index in [2.05, 4.69) is 31.2 Å². The number of rotatable bonds is 3. The first-order valence-electron chi connectivity index (χ1n) is 5.85. The minimum atomic E-state index is -0.262. The summed E-state index contributed by atoms with van der Waals surface area (Å²) in [4.78, 5) is 11.9. The lowest BCUT2D eigenvalue weighted by atomic mass is 9.82. The lowest BCUT2D eigenvalue weighted by molar-refractivity contribution is 0.0882. The largest absolute Gasteiger partial charge is 0.361 e. The van der Waals surface area contributed by atoms with Crippen molar-refractivity contribution in [2.45, 2.75) is 53.5 Å². The lowest BCUT2D eigenvalue weighted by Gasteiger charge is -2.33. The monoisotopic (exact) mass is 238 g/mol. The van der Waals surface area contributed by atoms with E-state index in [1.165, 1.54) is 0 Å². The molecule has 0 fully saturated rings. The van der Waals surface area contributed by atoms with Gasteiger partial charge in [-0.05, 0) is 32.6 Å². The number of nitrogens with zero attached hydrogens (tertiary/aromatic N) is 1. The highest BCUT2D eigenvalue weighted by molar-refractivity contribution is 5.92. The Balaban J connectivity index is 2.68. The minimum absolute atomic E-state index is 0.163. The van der Waals surface area contributed by atoms with Gasteiger partial charge in [0.25, 0.3) is 5.91 Å². The van der Waals surface area contributed by atoms with Crippen molar-refractivity contribution in [3.63, 3.8) is 0 Å². The Bertz CT molecular complexity index is 400. The molecule has 1 amide bonds. The van der Waals surface area contributed by atoms with Gasteiger partial charge in [-0.2, -0.15) is 0 Å². The summed E-state index contributed by atoms with van der Waals surface area (Å²) in [5.74, 6) is 0.458. The van der Waals surface area contributed by atoms with Crippen molar-refractivity contribution in [1.29, 1.82) is 0 Å². The molecule has 0 saturated carbocycles. The van der Waals surface area contributed by atoms with Crippen LogP contribution in [0.3, 0.4) is 0 Å². The molecule has 4 nitrogen and oxygen atoms in total. The van der Waals surface area contributed by atoms with Gasteiger partial charge < -0.3 is 9.84 Å². The lowest BCUT2D eigenvalue weighted by Crippen LogP contribution is -2.45. The number of aromatic nitrogens is 1. The van der Waals surface area contributed by atoms with Crippen LogP contribution < -0.4 is 5.32 Å². The number of nitrogens with one attached hydrogen (secondary N) is 1. The van der Waals surface area contributed by atoms with Gasteiger partial charge in [-0.1, -0.05) is 25.9 Å². The molecule has 1 aromatic rings. The van der Waals surface area contributed by atoms with Crippen LogP contribution in [0.2, 0.25) is 0 Å². The van der Waals surface area contributed by atoms with Crippen molar-refractivity contribution < 1.29 is 9.32 Å². The third-order valence-corrected chi connectivity index (χ3v) is 2.28. The van der Waals surface area contributed by atoms with Crippen molar-refractivity contribution in [3.8, 4) is 0 Å². The SMILES string of the molecule is Cc1cc(C(=O)NC(C)(C)CC(C)(C)C)no1. The normalized spacial score (nSPS) is 12.6. The Morgan fingerprint density at radius 2 is 1.94 bits per heavy atom. The third kappa shape index (κ3) is 4.59. The Morgan fingerprint density at radius 3 is 2.35 bits per heavy atom. The number of carbonyl (C=O) groups is 1. The van der Waals surface area contributed by atoms with E-state index in [0.717, 1.165) is 6.42 Å². The summed E-state index contributed by atoms with van der Waals surface area (Å²) < 4.78 is 4.89. The van der Waals surface area contributed by atoms with Gasteiger partial charge in [0.05, 0.1) is 0 Å². The molecule has 4 heteroatoms. The van der Waals surface area contributed by atoms with E-state index in [1.54, 1.807) is 13.0 Å². The molecule has 0 aliphatic rings. The van der Waals surface area contributed by atoms with Crippen molar-refractivity contribution in [1.82, 2.24) is 10.5 Å². The van der Waals surface area contributed by atoms with E-state index < -0.39 is 0 Å². The highest BCUT2D eigenvalue weighted by Crippen LogP contribution is 2.26. The van der Waals surface area contributed by atoms with Gasteiger partial charge in [-0.3, -0.25) is 4.79 Å². The predicted molar refractivity (Wildman–Crippen MR) is 66.9 cm³/mol. The Hall–Kier alpha value is -1.32. The highest BCUT2D eigenvalue weighted by Gasteiger charge is 2.28. The molecule has 1 rings (SSSR count). The summed E-state index contributed by atoms with van der Waals surface area (Å²) in [6.07, 6.45) is 0.891. The van der Waals surface area contributed by atoms with Crippen LogP contribution >= 0.6 is 0 Å². The average molecular weight is 238 g/mol. The average Bonchev–Trinajstić information content (AvgIpc) is 2.45. The van der Waals surface area contributed by atoms with E-state index in [-0.39, 0.29) is 16.9 Å². The first kappa shape index (κ1) is 13.7. The van der Waals surface area contributed by atoms with Gasteiger partial charge in [0, 0.05) is 11.6 Å². The fourth-order valence-corrected chi connectivity index (χ4v) is 2.21. The Labute approximate surface area is 103 Å². The van der Waals surface area contributed by atoms with Crippen LogP contribution in [0.4, 0.5) is 0 Å². The molecule has 1 N–H and O–H groups in total. The molecular formula is C13H22N2O2. The topological polar surface area (TPSA) is 55.1 Å². The molecule has 1 aromatic heterocycles. The summed E-state index contributed by atoms with van der Waals surface area (Å²) in [6, 6.07) is 1.64. The van der Waals surface area contributed by atoms with Crippen LogP contribution in [-0.2, 0) is 0 Å². The van der Waals surface area contributed by atoms with Crippen molar-refractivity contribution in [3.05, 3.63) is 17.5 Å². The summed E-state index contributed by atoms with van der Waals surface area (Å²) in [7, 11) is 0. The molecule has 96 valence electrons. The van der Waals surface area contributed by atoms with Crippen LogP contribution in [0.25, 0.3) is 0 Å². The second-order valence-corrected chi connectivity index (χ2v) is 6.40. The van der Waals surface area contributed by atoms with E-state index in [9.17, 15) is 4.79 Å². The van der Waals surface area contributed by atoms with Crippen molar-refractivity contribution in [2.75, 3.05) is 0 Å². The zero-order chi connectivity index (χ0) is 13.3. The van der Waals surface area contributed by atoms with Crippen molar-refractivity contribution in [2.24, 2.45) is 5.41 Å². The first-order chi connectivity index (χ1) is 7.59. The van der Waals surface area contributed by atoms with Crippen LogP contribution in [-0.4, -0.2) is 16.6 Å². The van der Waals surface area contributed by atoms with Gasteiger partial charge >= 0.3 is 0 Å². The standard InChI is InChI=1S/C13H22N2O2/c1-9-7-10(15-17-9)11(16)14-13(5,6)8-12(2,3)4/h7H,8H2,1-6H3,(H,14,16). The number of hydrogen-bond donors (Lipinski definition) is 1. The zero-order valence-electron chi connectivity index (χ0n) is 11.5. The molecule has 0 aliphatic heterocycles.